The fourth-order valence-electron chi connectivity index (χ4n) is 3.74. The highest BCUT2D eigenvalue weighted by atomic mass is 35.5. The van der Waals surface area contributed by atoms with Gasteiger partial charge in [-0.15, -0.1) is 6.42 Å². The van der Waals surface area contributed by atoms with Crippen molar-refractivity contribution >= 4 is 23.3 Å². The van der Waals surface area contributed by atoms with Gasteiger partial charge in [0.15, 0.2) is 5.54 Å². The van der Waals surface area contributed by atoms with Crippen LogP contribution in [0.4, 0.5) is 10.5 Å². The lowest BCUT2D eigenvalue weighted by Crippen LogP contribution is -2.56. The van der Waals surface area contributed by atoms with Gasteiger partial charge in [-0.3, -0.25) is 9.80 Å². The molecule has 0 radical (unpaired) electrons. The third kappa shape index (κ3) is 2.93. The quantitative estimate of drug-likeness (QED) is 0.579. The third-order valence-corrected chi connectivity index (χ3v) is 5.48. The van der Waals surface area contributed by atoms with Crippen LogP contribution in [0, 0.1) is 12.3 Å². The molecule has 0 bridgehead atoms. The van der Waals surface area contributed by atoms with Gasteiger partial charge in [-0.05, 0) is 48.0 Å². The molecular weight excluding hydrogens is 388 g/mol. The monoisotopic (exact) mass is 406 g/mol. The molecule has 0 saturated carbocycles. The predicted molar refractivity (Wildman–Crippen MR) is 112 cm³/mol. The lowest BCUT2D eigenvalue weighted by atomic mass is 9.83. The first-order chi connectivity index (χ1) is 14.0. The topological polar surface area (TPSA) is 45.9 Å². The molecule has 5 nitrogen and oxygen atoms in total. The van der Waals surface area contributed by atoms with Gasteiger partial charge in [-0.25, -0.2) is 4.79 Å². The molecule has 0 fully saturated rings. The van der Waals surface area contributed by atoms with E-state index in [-0.39, 0.29) is 6.03 Å². The van der Waals surface area contributed by atoms with Crippen LogP contribution in [0.2, 0.25) is 5.02 Å². The molecule has 1 aliphatic rings. The summed E-state index contributed by atoms with van der Waals surface area (Å²) >= 11 is 6.31. The van der Waals surface area contributed by atoms with Crippen molar-refractivity contribution in [3.63, 3.8) is 0 Å². The normalized spacial score (nSPS) is 18.3. The lowest BCUT2D eigenvalue weighted by molar-refractivity contribution is 0.171. The van der Waals surface area contributed by atoms with Gasteiger partial charge in [0.25, 0.3) is 0 Å². The molecular formula is C23H19ClN2O3. The van der Waals surface area contributed by atoms with E-state index in [1.807, 2.05) is 30.3 Å². The minimum atomic E-state index is -1.18. The van der Waals surface area contributed by atoms with Crippen LogP contribution in [0.25, 0.3) is 0 Å². The Morgan fingerprint density at radius 3 is 2.59 bits per heavy atom. The Labute approximate surface area is 174 Å². The number of hydrogen-bond donors (Lipinski definition) is 0. The summed E-state index contributed by atoms with van der Waals surface area (Å²) in [5.74, 6) is 4.04. The van der Waals surface area contributed by atoms with Crippen molar-refractivity contribution in [2.24, 2.45) is 0 Å². The number of ether oxygens (including phenoxy) is 1. The molecule has 1 unspecified atom stereocenters. The van der Waals surface area contributed by atoms with Crippen molar-refractivity contribution in [3.8, 4) is 18.1 Å². The molecule has 0 saturated heterocycles. The smallest absolute Gasteiger partial charge is 0.326 e. The van der Waals surface area contributed by atoms with Crippen molar-refractivity contribution in [1.29, 1.82) is 0 Å². The molecule has 1 aliphatic heterocycles. The summed E-state index contributed by atoms with van der Waals surface area (Å²) in [6, 6.07) is 16.2. The van der Waals surface area contributed by atoms with E-state index in [1.165, 1.54) is 4.90 Å². The molecule has 4 rings (SSSR count). The number of methoxy groups -OCH3 is 1. The number of hydrogen-bond acceptors (Lipinski definition) is 3. The zero-order valence-corrected chi connectivity index (χ0v) is 16.8. The summed E-state index contributed by atoms with van der Waals surface area (Å²) in [7, 11) is 3.29. The minimum Gasteiger partial charge on any atom is -0.497 e. The Bertz CT molecular complexity index is 1090. The van der Waals surface area contributed by atoms with E-state index >= 15 is 0 Å². The number of terminal acetylenes is 1. The highest BCUT2D eigenvalue weighted by Crippen LogP contribution is 2.46. The van der Waals surface area contributed by atoms with E-state index in [9.17, 15) is 4.79 Å². The summed E-state index contributed by atoms with van der Waals surface area (Å²) in [5, 5.41) is 0.530. The van der Waals surface area contributed by atoms with E-state index in [1.54, 1.807) is 49.6 Å². The minimum absolute atomic E-state index is 0.231. The molecule has 0 aliphatic carbocycles. The summed E-state index contributed by atoms with van der Waals surface area (Å²) < 4.78 is 10.9. The first-order valence-electron chi connectivity index (χ1n) is 9.01. The maximum absolute atomic E-state index is 13.4. The molecule has 146 valence electrons. The van der Waals surface area contributed by atoms with Crippen molar-refractivity contribution in [2.45, 2.75) is 12.1 Å². The average Bonchev–Trinajstić information content (AvgIpc) is 3.28. The second-order valence-corrected chi connectivity index (χ2v) is 7.21. The fourth-order valence-corrected chi connectivity index (χ4v) is 3.91. The number of carbonyl (C=O) groups is 1. The summed E-state index contributed by atoms with van der Waals surface area (Å²) in [6.07, 6.45) is 7.54. The van der Waals surface area contributed by atoms with Gasteiger partial charge < -0.3 is 9.15 Å². The number of urea groups is 1. The highest BCUT2D eigenvalue weighted by molar-refractivity contribution is 6.30. The number of carbonyl (C=O) groups excluding carboxylic acids is 1. The maximum Gasteiger partial charge on any atom is 0.326 e. The largest absolute Gasteiger partial charge is 0.497 e. The molecule has 3 aromatic rings. The number of amides is 2. The molecule has 0 N–H and O–H groups in total. The van der Waals surface area contributed by atoms with Gasteiger partial charge in [0.05, 0.1) is 25.6 Å². The highest BCUT2D eigenvalue weighted by Gasteiger charge is 2.49. The van der Waals surface area contributed by atoms with Gasteiger partial charge in [-0.2, -0.15) is 0 Å². The van der Waals surface area contributed by atoms with Crippen LogP contribution in [-0.2, 0) is 12.1 Å². The van der Waals surface area contributed by atoms with Crippen molar-refractivity contribution in [1.82, 2.24) is 4.90 Å². The number of furan rings is 1. The Balaban J connectivity index is 1.86. The molecule has 29 heavy (non-hydrogen) atoms. The van der Waals surface area contributed by atoms with E-state index in [2.05, 4.69) is 5.92 Å². The Hall–Kier alpha value is -3.36. The first kappa shape index (κ1) is 19.0. The zero-order valence-electron chi connectivity index (χ0n) is 16.1. The second kappa shape index (κ2) is 7.23. The summed E-state index contributed by atoms with van der Waals surface area (Å²) in [5.41, 5.74) is 1.19. The Kier molecular flexibility index (Phi) is 4.73. The van der Waals surface area contributed by atoms with Crippen LogP contribution < -0.4 is 9.64 Å². The van der Waals surface area contributed by atoms with Crippen molar-refractivity contribution in [2.75, 3.05) is 19.1 Å². The number of anilines is 1. The molecule has 1 aromatic heterocycles. The fraction of sp³-hybridized carbons (Fsp3) is 0.174. The maximum atomic E-state index is 13.4. The van der Waals surface area contributed by atoms with Gasteiger partial charge in [-0.1, -0.05) is 29.7 Å². The predicted octanol–water partition coefficient (Wildman–Crippen LogP) is 4.89. The zero-order chi connectivity index (χ0) is 20.6. The van der Waals surface area contributed by atoms with Crippen LogP contribution in [0.3, 0.4) is 0 Å². The second-order valence-electron chi connectivity index (χ2n) is 6.77. The van der Waals surface area contributed by atoms with Crippen LogP contribution in [0.15, 0.2) is 65.3 Å². The first-order valence-corrected chi connectivity index (χ1v) is 9.39. The van der Waals surface area contributed by atoms with Crippen LogP contribution in [0.1, 0.15) is 16.9 Å². The molecule has 2 amide bonds. The number of rotatable bonds is 4. The van der Waals surface area contributed by atoms with Crippen LogP contribution in [0.5, 0.6) is 5.75 Å². The van der Waals surface area contributed by atoms with Crippen LogP contribution >= 0.6 is 11.6 Å². The number of halogens is 1. The van der Waals surface area contributed by atoms with E-state index in [0.29, 0.717) is 23.0 Å². The number of fused-ring (bicyclic) bond motifs is 1. The van der Waals surface area contributed by atoms with E-state index in [0.717, 1.165) is 16.9 Å². The summed E-state index contributed by atoms with van der Waals surface area (Å²) in [4.78, 5) is 16.6. The summed E-state index contributed by atoms with van der Waals surface area (Å²) in [6.45, 7) is 0.376. The number of benzene rings is 2. The SMILES string of the molecule is C#CC1(c2ccco2)c2cc(Cl)ccc2N(Cc2ccc(OC)cc2)C(=O)N1C. The third-order valence-electron chi connectivity index (χ3n) is 5.25. The van der Waals surface area contributed by atoms with Gasteiger partial charge in [0.2, 0.25) is 0 Å². The van der Waals surface area contributed by atoms with E-state index < -0.39 is 5.54 Å². The van der Waals surface area contributed by atoms with Gasteiger partial charge >= 0.3 is 6.03 Å². The Morgan fingerprint density at radius 1 is 1.21 bits per heavy atom. The van der Waals surface area contributed by atoms with E-state index in [4.69, 9.17) is 27.2 Å². The molecule has 1 atom stereocenters. The Morgan fingerprint density at radius 2 is 1.97 bits per heavy atom. The molecule has 2 heterocycles. The van der Waals surface area contributed by atoms with Gasteiger partial charge in [0.1, 0.15) is 11.5 Å². The lowest BCUT2D eigenvalue weighted by Gasteiger charge is -2.45. The van der Waals surface area contributed by atoms with Crippen LogP contribution in [-0.4, -0.2) is 25.1 Å². The standard InChI is InChI=1S/C23H19ClN2O3/c1-4-23(21-6-5-13-29-21)19-14-17(24)9-12-20(19)26(22(27)25(23)2)15-16-7-10-18(28-3)11-8-16/h1,5-14H,15H2,2-3H3. The van der Waals surface area contributed by atoms with Crippen molar-refractivity contribution in [3.05, 3.63) is 82.8 Å². The molecule has 6 heteroatoms. The molecule has 2 aromatic carbocycles. The van der Waals surface area contributed by atoms with Crippen molar-refractivity contribution < 1.29 is 13.9 Å². The van der Waals surface area contributed by atoms with Gasteiger partial charge in [0, 0.05) is 17.6 Å². The molecule has 0 spiro atoms. The number of nitrogens with zero attached hydrogens (tertiary/aromatic N) is 2. The average molecular weight is 407 g/mol.